The third-order valence-electron chi connectivity index (χ3n) is 7.98. The van der Waals surface area contributed by atoms with Crippen molar-refractivity contribution in [1.82, 2.24) is 0 Å². The second kappa shape index (κ2) is 8.02. The molecule has 158 valence electrons. The SMILES string of the molecule is CC(c1ccc2c(c1)C1CCC2C1)[P+](c1ccccc1)(c1ccccc1)c1ccccc1. The Balaban J connectivity index is 1.60. The maximum atomic E-state index is 2.59. The fourth-order valence-electron chi connectivity index (χ4n) is 6.46. The second-order valence-corrected chi connectivity index (χ2v) is 13.3. The first-order chi connectivity index (χ1) is 15.8. The Morgan fingerprint density at radius 3 is 1.56 bits per heavy atom. The van der Waals surface area contributed by atoms with Crippen molar-refractivity contribution in [2.75, 3.05) is 0 Å². The van der Waals surface area contributed by atoms with Crippen molar-refractivity contribution in [2.24, 2.45) is 0 Å². The molecule has 4 aromatic rings. The molecule has 0 saturated heterocycles. The van der Waals surface area contributed by atoms with E-state index in [0.29, 0.717) is 5.66 Å². The Morgan fingerprint density at radius 1 is 0.594 bits per heavy atom. The van der Waals surface area contributed by atoms with E-state index in [1.807, 2.05) is 0 Å². The summed E-state index contributed by atoms with van der Waals surface area (Å²) < 4.78 is 0. The van der Waals surface area contributed by atoms with Crippen LogP contribution < -0.4 is 15.9 Å². The average molecular weight is 434 g/mol. The quantitative estimate of drug-likeness (QED) is 0.294. The van der Waals surface area contributed by atoms with Crippen LogP contribution in [0, 0.1) is 0 Å². The van der Waals surface area contributed by atoms with Crippen molar-refractivity contribution in [3.8, 4) is 0 Å². The molecule has 0 heterocycles. The lowest BCUT2D eigenvalue weighted by Crippen LogP contribution is -2.34. The third-order valence-corrected chi connectivity index (χ3v) is 12.8. The van der Waals surface area contributed by atoms with Crippen LogP contribution in [0.1, 0.15) is 60.4 Å². The fourth-order valence-corrected chi connectivity index (χ4v) is 11.2. The standard InChI is InChI=1S/C31H30P/c1-23(24-19-20-30-25-17-18-26(21-25)31(30)22-24)32(27-11-5-2-6-12-27,28-13-7-3-8-14-28)29-15-9-4-10-16-29/h2-16,19-20,22-23,25-26H,17-18,21H2,1H3/q+1. The van der Waals surface area contributed by atoms with Gasteiger partial charge < -0.3 is 0 Å². The Bertz CT molecular complexity index is 1120. The number of benzene rings is 4. The fraction of sp³-hybridized carbons (Fsp3) is 0.226. The highest BCUT2D eigenvalue weighted by Crippen LogP contribution is 2.67. The molecule has 0 spiro atoms. The van der Waals surface area contributed by atoms with Crippen LogP contribution in [-0.4, -0.2) is 0 Å². The second-order valence-electron chi connectivity index (χ2n) is 9.50. The molecule has 0 aromatic heterocycles. The lowest BCUT2D eigenvalue weighted by atomic mass is 9.90. The molecule has 2 aliphatic rings. The van der Waals surface area contributed by atoms with Gasteiger partial charge in [0.05, 0.1) is 0 Å². The molecule has 0 amide bonds. The van der Waals surface area contributed by atoms with Crippen molar-refractivity contribution in [2.45, 2.75) is 43.7 Å². The van der Waals surface area contributed by atoms with Crippen LogP contribution in [0.3, 0.4) is 0 Å². The van der Waals surface area contributed by atoms with E-state index in [-0.39, 0.29) is 0 Å². The predicted octanol–water partition coefficient (Wildman–Crippen LogP) is 7.11. The zero-order valence-electron chi connectivity index (χ0n) is 18.7. The summed E-state index contributed by atoms with van der Waals surface area (Å²) in [6.45, 7) is 2.48. The minimum Gasteiger partial charge on any atom is -0.0620 e. The predicted molar refractivity (Wildman–Crippen MR) is 139 cm³/mol. The van der Waals surface area contributed by atoms with Crippen LogP contribution in [0.4, 0.5) is 0 Å². The minimum atomic E-state index is -1.91. The summed E-state index contributed by atoms with van der Waals surface area (Å²) >= 11 is 0. The number of hydrogen-bond acceptors (Lipinski definition) is 0. The molecule has 3 atom stereocenters. The Labute approximate surface area is 192 Å². The molecular weight excluding hydrogens is 403 g/mol. The van der Waals surface area contributed by atoms with E-state index in [9.17, 15) is 0 Å². The van der Waals surface area contributed by atoms with E-state index < -0.39 is 7.26 Å². The molecule has 0 radical (unpaired) electrons. The maximum absolute atomic E-state index is 2.59. The van der Waals surface area contributed by atoms with Crippen LogP contribution >= 0.6 is 7.26 Å². The van der Waals surface area contributed by atoms with Gasteiger partial charge in [-0.05, 0) is 91.1 Å². The van der Waals surface area contributed by atoms with Gasteiger partial charge in [-0.3, -0.25) is 0 Å². The normalized spacial score (nSPS) is 20.2. The van der Waals surface area contributed by atoms with Gasteiger partial charge in [0.25, 0.3) is 0 Å². The van der Waals surface area contributed by atoms with Crippen LogP contribution in [-0.2, 0) is 0 Å². The van der Waals surface area contributed by atoms with Gasteiger partial charge in [0.1, 0.15) is 28.8 Å². The smallest absolute Gasteiger partial charge is 0.0620 e. The van der Waals surface area contributed by atoms with Gasteiger partial charge in [0, 0.05) is 0 Å². The van der Waals surface area contributed by atoms with E-state index in [2.05, 4.69) is 116 Å². The van der Waals surface area contributed by atoms with Gasteiger partial charge in [-0.2, -0.15) is 0 Å². The van der Waals surface area contributed by atoms with Gasteiger partial charge >= 0.3 is 0 Å². The lowest BCUT2D eigenvalue weighted by Gasteiger charge is -2.33. The number of rotatable bonds is 5. The maximum Gasteiger partial charge on any atom is 0.119 e. The van der Waals surface area contributed by atoms with E-state index in [4.69, 9.17) is 0 Å². The topological polar surface area (TPSA) is 0 Å². The zero-order chi connectivity index (χ0) is 21.5. The lowest BCUT2D eigenvalue weighted by molar-refractivity contribution is 0.716. The molecule has 2 aliphatic carbocycles. The van der Waals surface area contributed by atoms with Crippen molar-refractivity contribution in [3.63, 3.8) is 0 Å². The van der Waals surface area contributed by atoms with Gasteiger partial charge in [-0.15, -0.1) is 0 Å². The summed E-state index contributed by atoms with van der Waals surface area (Å²) in [5.74, 6) is 1.61. The monoisotopic (exact) mass is 433 g/mol. The van der Waals surface area contributed by atoms with E-state index >= 15 is 0 Å². The molecule has 1 heteroatoms. The molecule has 0 aliphatic heterocycles. The molecule has 1 saturated carbocycles. The number of fused-ring (bicyclic) bond motifs is 5. The average Bonchev–Trinajstić information content (AvgIpc) is 3.49. The van der Waals surface area contributed by atoms with Crippen LogP contribution in [0.2, 0.25) is 0 Å². The molecule has 0 N–H and O–H groups in total. The Morgan fingerprint density at radius 2 is 1.06 bits per heavy atom. The van der Waals surface area contributed by atoms with Gasteiger partial charge in [-0.1, -0.05) is 72.8 Å². The summed E-state index contributed by atoms with van der Waals surface area (Å²) in [5.41, 5.74) is 5.19. The zero-order valence-corrected chi connectivity index (χ0v) is 19.6. The highest BCUT2D eigenvalue weighted by atomic mass is 31.2. The Hall–Kier alpha value is -2.69. The van der Waals surface area contributed by atoms with Crippen molar-refractivity contribution >= 4 is 23.2 Å². The van der Waals surface area contributed by atoms with E-state index in [1.165, 1.54) is 40.7 Å². The molecule has 4 aromatic carbocycles. The largest absolute Gasteiger partial charge is 0.119 e. The van der Waals surface area contributed by atoms with Crippen molar-refractivity contribution in [1.29, 1.82) is 0 Å². The van der Waals surface area contributed by atoms with E-state index in [0.717, 1.165) is 11.8 Å². The van der Waals surface area contributed by atoms with Gasteiger partial charge in [-0.25, -0.2) is 0 Å². The first-order valence-corrected chi connectivity index (χ1v) is 13.8. The molecule has 0 nitrogen and oxygen atoms in total. The minimum absolute atomic E-state index is 0.402. The van der Waals surface area contributed by atoms with Crippen LogP contribution in [0.5, 0.6) is 0 Å². The van der Waals surface area contributed by atoms with Crippen molar-refractivity contribution in [3.05, 3.63) is 126 Å². The molecule has 2 bridgehead atoms. The molecule has 3 unspecified atom stereocenters. The van der Waals surface area contributed by atoms with Crippen LogP contribution in [0.15, 0.2) is 109 Å². The van der Waals surface area contributed by atoms with Gasteiger partial charge in [0.2, 0.25) is 0 Å². The summed E-state index contributed by atoms with van der Waals surface area (Å²) in [6.07, 6.45) is 4.15. The van der Waals surface area contributed by atoms with Gasteiger partial charge in [0.15, 0.2) is 0 Å². The first kappa shape index (κ1) is 20.0. The summed E-state index contributed by atoms with van der Waals surface area (Å²) in [6, 6.07) is 41.4. The van der Waals surface area contributed by atoms with Crippen molar-refractivity contribution < 1.29 is 0 Å². The third kappa shape index (κ3) is 3.01. The van der Waals surface area contributed by atoms with E-state index in [1.54, 1.807) is 11.1 Å². The molecule has 32 heavy (non-hydrogen) atoms. The summed E-state index contributed by atoms with van der Waals surface area (Å²) in [7, 11) is -1.91. The highest BCUT2D eigenvalue weighted by Gasteiger charge is 2.51. The summed E-state index contributed by atoms with van der Waals surface area (Å²) in [5, 5.41) is 4.39. The summed E-state index contributed by atoms with van der Waals surface area (Å²) in [4.78, 5) is 0. The highest BCUT2D eigenvalue weighted by molar-refractivity contribution is 7.95. The molecule has 6 rings (SSSR count). The Kier molecular flexibility index (Phi) is 5.00. The first-order valence-electron chi connectivity index (χ1n) is 12.0. The molecular formula is C31H30P+. The molecule has 1 fully saturated rings. The van der Waals surface area contributed by atoms with Crippen LogP contribution in [0.25, 0.3) is 0 Å². The number of hydrogen-bond donors (Lipinski definition) is 0.